The second kappa shape index (κ2) is 6.88. The molecule has 0 bridgehead atoms. The molecule has 1 aromatic rings. The van der Waals surface area contributed by atoms with Crippen LogP contribution in [0.4, 0.5) is 0 Å². The van der Waals surface area contributed by atoms with E-state index in [1.807, 2.05) is 25.1 Å². The molecule has 1 aliphatic heterocycles. The zero-order chi connectivity index (χ0) is 16.3. The summed E-state index contributed by atoms with van der Waals surface area (Å²) in [6.07, 6.45) is 2.73. The van der Waals surface area contributed by atoms with Gasteiger partial charge in [0.05, 0.1) is 5.92 Å². The van der Waals surface area contributed by atoms with Crippen molar-refractivity contribution in [1.29, 1.82) is 0 Å². The first-order chi connectivity index (χ1) is 10.5. The molecule has 0 spiro atoms. The Bertz CT molecular complexity index is 541. The third kappa shape index (κ3) is 2.97. The van der Waals surface area contributed by atoms with Crippen LogP contribution in [0, 0.1) is 11.8 Å². The summed E-state index contributed by atoms with van der Waals surface area (Å²) in [6.45, 7) is 6.63. The minimum absolute atomic E-state index is 0.00889. The summed E-state index contributed by atoms with van der Waals surface area (Å²) < 4.78 is 0. The lowest BCUT2D eigenvalue weighted by atomic mass is 9.87. The summed E-state index contributed by atoms with van der Waals surface area (Å²) in [4.78, 5) is 27.9. The van der Waals surface area contributed by atoms with Crippen LogP contribution in [0.5, 0.6) is 0 Å². The molecule has 1 saturated heterocycles. The van der Waals surface area contributed by atoms with Gasteiger partial charge in [-0.15, -0.1) is 6.58 Å². The van der Waals surface area contributed by atoms with E-state index in [2.05, 4.69) is 23.6 Å². The van der Waals surface area contributed by atoms with Gasteiger partial charge in [-0.05, 0) is 12.5 Å². The Balaban J connectivity index is 2.31. The summed E-state index contributed by atoms with van der Waals surface area (Å²) >= 11 is 0. The van der Waals surface area contributed by atoms with Crippen molar-refractivity contribution in [1.82, 2.24) is 9.80 Å². The van der Waals surface area contributed by atoms with Crippen LogP contribution in [0.2, 0.25) is 0 Å². The van der Waals surface area contributed by atoms with Gasteiger partial charge in [-0.1, -0.05) is 36.4 Å². The lowest BCUT2D eigenvalue weighted by molar-refractivity contribution is -0.136. The Morgan fingerprint density at radius 3 is 2.45 bits per heavy atom. The van der Waals surface area contributed by atoms with Crippen LogP contribution in [0.25, 0.3) is 0 Å². The van der Waals surface area contributed by atoms with Crippen LogP contribution in [-0.4, -0.2) is 48.2 Å². The third-order valence-electron chi connectivity index (χ3n) is 4.58. The van der Waals surface area contributed by atoms with Crippen LogP contribution in [0.3, 0.4) is 0 Å². The maximum atomic E-state index is 12.5. The summed E-state index contributed by atoms with van der Waals surface area (Å²) in [7, 11) is 3.46. The normalized spacial score (nSPS) is 28.3. The highest BCUT2D eigenvalue weighted by Crippen LogP contribution is 2.37. The van der Waals surface area contributed by atoms with E-state index in [0.717, 1.165) is 6.29 Å². The average molecular weight is 300 g/mol. The van der Waals surface area contributed by atoms with Gasteiger partial charge in [0.25, 0.3) is 0 Å². The van der Waals surface area contributed by atoms with Crippen LogP contribution >= 0.6 is 0 Å². The highest BCUT2D eigenvalue weighted by Gasteiger charge is 2.49. The van der Waals surface area contributed by atoms with E-state index in [0.29, 0.717) is 6.54 Å². The predicted octanol–water partition coefficient (Wildman–Crippen LogP) is 1.96. The molecule has 4 atom stereocenters. The molecular weight excluding hydrogens is 276 g/mol. The van der Waals surface area contributed by atoms with Gasteiger partial charge in [0.15, 0.2) is 0 Å². The lowest BCUT2D eigenvalue weighted by Crippen LogP contribution is -2.40. The predicted molar refractivity (Wildman–Crippen MR) is 87.2 cm³/mol. The number of nitrogens with zero attached hydrogens (tertiary/aromatic N) is 2. The number of benzene rings is 1. The van der Waals surface area contributed by atoms with Gasteiger partial charge in [-0.3, -0.25) is 9.69 Å². The van der Waals surface area contributed by atoms with Crippen LogP contribution < -0.4 is 0 Å². The fraction of sp³-hybridized carbons (Fsp3) is 0.444. The van der Waals surface area contributed by atoms with Gasteiger partial charge in [0, 0.05) is 38.6 Å². The third-order valence-corrected chi connectivity index (χ3v) is 4.58. The molecule has 0 saturated carbocycles. The molecule has 1 heterocycles. The zero-order valence-electron chi connectivity index (χ0n) is 13.5. The van der Waals surface area contributed by atoms with Gasteiger partial charge >= 0.3 is 0 Å². The van der Waals surface area contributed by atoms with Crippen molar-refractivity contribution in [2.24, 2.45) is 11.8 Å². The van der Waals surface area contributed by atoms with Crippen LogP contribution in [-0.2, 0) is 16.1 Å². The summed E-state index contributed by atoms with van der Waals surface area (Å²) in [5.41, 5.74) is 1.17. The molecule has 2 rings (SSSR count). The molecule has 0 radical (unpaired) electrons. The SMILES string of the molecule is C=CC1C(C(=O)N(C)C)C(C=O)C(C)N1Cc1ccccc1. The minimum atomic E-state index is -0.358. The van der Waals surface area contributed by atoms with Gasteiger partial charge in [0.2, 0.25) is 5.91 Å². The van der Waals surface area contributed by atoms with Crippen LogP contribution in [0.15, 0.2) is 43.0 Å². The molecule has 1 amide bonds. The van der Waals surface area contributed by atoms with E-state index in [4.69, 9.17) is 0 Å². The molecule has 1 fully saturated rings. The standard InChI is InChI=1S/C18H24N2O2/c1-5-16-17(18(22)19(3)4)15(12-21)13(2)20(16)11-14-9-7-6-8-10-14/h5-10,12-13,15-17H,1,11H2,2-4H3. The van der Waals surface area contributed by atoms with Gasteiger partial charge in [-0.25, -0.2) is 0 Å². The molecule has 118 valence electrons. The number of hydrogen-bond donors (Lipinski definition) is 0. The highest BCUT2D eigenvalue weighted by atomic mass is 16.2. The number of carbonyl (C=O) groups is 2. The van der Waals surface area contributed by atoms with Gasteiger partial charge in [-0.2, -0.15) is 0 Å². The van der Waals surface area contributed by atoms with Crippen molar-refractivity contribution >= 4 is 12.2 Å². The molecule has 1 aromatic carbocycles. The minimum Gasteiger partial charge on any atom is -0.348 e. The number of aldehydes is 1. The zero-order valence-corrected chi connectivity index (χ0v) is 13.5. The Labute approximate surface area is 132 Å². The van der Waals surface area contributed by atoms with Crippen molar-refractivity contribution in [3.63, 3.8) is 0 Å². The summed E-state index contributed by atoms with van der Waals surface area (Å²) in [6, 6.07) is 9.98. The quantitative estimate of drug-likeness (QED) is 0.616. The van der Waals surface area contributed by atoms with Crippen molar-refractivity contribution in [2.45, 2.75) is 25.6 Å². The first-order valence-corrected chi connectivity index (χ1v) is 7.60. The number of carbonyl (C=O) groups excluding carboxylic acids is 2. The first-order valence-electron chi connectivity index (χ1n) is 7.60. The van der Waals surface area contributed by atoms with Crippen molar-refractivity contribution < 1.29 is 9.59 Å². The second-order valence-electron chi connectivity index (χ2n) is 6.10. The van der Waals surface area contributed by atoms with Crippen molar-refractivity contribution in [2.75, 3.05) is 14.1 Å². The monoisotopic (exact) mass is 300 g/mol. The maximum Gasteiger partial charge on any atom is 0.227 e. The molecule has 0 aliphatic carbocycles. The number of amides is 1. The molecule has 4 unspecified atom stereocenters. The fourth-order valence-corrected chi connectivity index (χ4v) is 3.36. The highest BCUT2D eigenvalue weighted by molar-refractivity contribution is 5.83. The van der Waals surface area contributed by atoms with Crippen molar-refractivity contribution in [3.8, 4) is 0 Å². The number of rotatable bonds is 5. The molecular formula is C18H24N2O2. The van der Waals surface area contributed by atoms with Gasteiger partial charge in [0.1, 0.15) is 6.29 Å². The molecule has 1 aliphatic rings. The largest absolute Gasteiger partial charge is 0.348 e. The smallest absolute Gasteiger partial charge is 0.227 e. The first kappa shape index (κ1) is 16.4. The van der Waals surface area contributed by atoms with E-state index in [-0.39, 0.29) is 29.8 Å². The molecule has 0 N–H and O–H groups in total. The topological polar surface area (TPSA) is 40.6 Å². The van der Waals surface area contributed by atoms with Crippen molar-refractivity contribution in [3.05, 3.63) is 48.6 Å². The van der Waals surface area contributed by atoms with Crippen LogP contribution in [0.1, 0.15) is 12.5 Å². The molecule has 22 heavy (non-hydrogen) atoms. The molecule has 4 nitrogen and oxygen atoms in total. The Hall–Kier alpha value is -1.94. The summed E-state index contributed by atoms with van der Waals surface area (Å²) in [5, 5.41) is 0. The van der Waals surface area contributed by atoms with E-state index in [9.17, 15) is 9.59 Å². The molecule has 4 heteroatoms. The second-order valence-corrected chi connectivity index (χ2v) is 6.10. The Morgan fingerprint density at radius 1 is 1.32 bits per heavy atom. The Kier molecular flexibility index (Phi) is 5.14. The number of hydrogen-bond acceptors (Lipinski definition) is 3. The number of likely N-dealkylation sites (tertiary alicyclic amines) is 1. The van der Waals surface area contributed by atoms with E-state index < -0.39 is 0 Å². The van der Waals surface area contributed by atoms with E-state index in [1.54, 1.807) is 25.1 Å². The maximum absolute atomic E-state index is 12.5. The van der Waals surface area contributed by atoms with E-state index in [1.165, 1.54) is 5.56 Å². The summed E-state index contributed by atoms with van der Waals surface area (Å²) in [5.74, 6) is -0.672. The van der Waals surface area contributed by atoms with Gasteiger partial charge < -0.3 is 9.69 Å². The Morgan fingerprint density at radius 2 is 1.95 bits per heavy atom. The average Bonchev–Trinajstić information content (AvgIpc) is 2.79. The molecule has 0 aromatic heterocycles. The fourth-order valence-electron chi connectivity index (χ4n) is 3.36. The lowest BCUT2D eigenvalue weighted by Gasteiger charge is -2.28. The van der Waals surface area contributed by atoms with E-state index >= 15 is 0 Å².